The fraction of sp³-hybridized carbons (Fsp3) is 0.355. The first-order valence-electron chi connectivity index (χ1n) is 13.6. The number of carbonyl (C=O) groups is 2. The lowest BCUT2D eigenvalue weighted by atomic mass is 9.95. The highest BCUT2D eigenvalue weighted by atomic mass is 16.5. The minimum absolute atomic E-state index is 0.341. The maximum Gasteiger partial charge on any atom is 0.259 e. The van der Waals surface area contributed by atoms with E-state index < -0.39 is 11.8 Å². The normalized spacial score (nSPS) is 13.7. The van der Waals surface area contributed by atoms with Gasteiger partial charge in [-0.15, -0.1) is 0 Å². The van der Waals surface area contributed by atoms with Crippen LogP contribution in [0.15, 0.2) is 42.7 Å². The van der Waals surface area contributed by atoms with Crippen LogP contribution in [-0.2, 0) is 23.2 Å². The van der Waals surface area contributed by atoms with Crippen LogP contribution in [0.25, 0.3) is 33.0 Å². The molecule has 1 aliphatic heterocycles. The molecule has 0 aliphatic carbocycles. The van der Waals surface area contributed by atoms with Crippen LogP contribution >= 0.6 is 0 Å². The summed E-state index contributed by atoms with van der Waals surface area (Å²) in [6.45, 7) is 8.11. The molecule has 9 nitrogen and oxygen atoms in total. The Bertz CT molecular complexity index is 1640. The molecule has 2 amide bonds. The second kappa shape index (κ2) is 11.1. The molecule has 0 unspecified atom stereocenters. The van der Waals surface area contributed by atoms with Crippen molar-refractivity contribution in [3.05, 3.63) is 53.9 Å². The smallest absolute Gasteiger partial charge is 0.259 e. The average Bonchev–Trinajstić information content (AvgIpc) is 3.58. The second-order valence-corrected chi connectivity index (χ2v) is 9.91. The number of imide groups is 1. The minimum Gasteiger partial charge on any atom is -0.497 e. The molecule has 2 aromatic carbocycles. The van der Waals surface area contributed by atoms with E-state index in [1.54, 1.807) is 21.3 Å². The molecule has 2 aromatic heterocycles. The lowest BCUT2D eigenvalue weighted by molar-refractivity contribution is -0.122. The van der Waals surface area contributed by atoms with Gasteiger partial charge in [0.05, 0.1) is 38.0 Å². The number of aryl methyl sites for hydroxylation is 2. The summed E-state index contributed by atoms with van der Waals surface area (Å²) in [6, 6.07) is 9.59. The van der Waals surface area contributed by atoms with Crippen molar-refractivity contribution < 1.29 is 23.8 Å². The number of rotatable bonds is 11. The van der Waals surface area contributed by atoms with Gasteiger partial charge in [-0.2, -0.15) is 0 Å². The first-order chi connectivity index (χ1) is 19.3. The second-order valence-electron chi connectivity index (χ2n) is 9.91. The van der Waals surface area contributed by atoms with Crippen LogP contribution in [0, 0.1) is 0 Å². The lowest BCUT2D eigenvalue weighted by Gasteiger charge is -2.18. The molecule has 0 atom stereocenters. The van der Waals surface area contributed by atoms with E-state index >= 15 is 0 Å². The van der Waals surface area contributed by atoms with Crippen molar-refractivity contribution in [3.63, 3.8) is 0 Å². The monoisotopic (exact) mass is 544 g/mol. The summed E-state index contributed by atoms with van der Waals surface area (Å²) in [4.78, 5) is 29.2. The van der Waals surface area contributed by atoms with Gasteiger partial charge in [-0.1, -0.05) is 13.8 Å². The molecule has 210 valence electrons. The van der Waals surface area contributed by atoms with Crippen LogP contribution in [0.3, 0.4) is 0 Å². The highest BCUT2D eigenvalue weighted by Gasteiger charge is 2.35. The molecule has 0 saturated carbocycles. The summed E-state index contributed by atoms with van der Waals surface area (Å²) < 4.78 is 20.7. The van der Waals surface area contributed by atoms with Gasteiger partial charge in [-0.05, 0) is 50.3 Å². The van der Waals surface area contributed by atoms with Crippen LogP contribution in [0.2, 0.25) is 0 Å². The molecule has 3 heterocycles. The predicted octanol–water partition coefficient (Wildman–Crippen LogP) is 4.46. The molecule has 9 heteroatoms. The lowest BCUT2D eigenvalue weighted by Crippen LogP contribution is -2.24. The Morgan fingerprint density at radius 3 is 2.05 bits per heavy atom. The van der Waals surface area contributed by atoms with Gasteiger partial charge < -0.3 is 28.2 Å². The Morgan fingerprint density at radius 2 is 1.43 bits per heavy atom. The number of hydrogen-bond donors (Lipinski definition) is 1. The van der Waals surface area contributed by atoms with Crippen molar-refractivity contribution in [1.29, 1.82) is 0 Å². The molecule has 5 rings (SSSR count). The van der Waals surface area contributed by atoms with E-state index in [2.05, 4.69) is 28.6 Å². The van der Waals surface area contributed by atoms with Crippen molar-refractivity contribution in [2.45, 2.75) is 26.8 Å². The van der Waals surface area contributed by atoms with Gasteiger partial charge in [0.25, 0.3) is 11.8 Å². The van der Waals surface area contributed by atoms with Crippen LogP contribution in [0.4, 0.5) is 0 Å². The summed E-state index contributed by atoms with van der Waals surface area (Å²) >= 11 is 0. The van der Waals surface area contributed by atoms with Crippen molar-refractivity contribution in [2.75, 3.05) is 41.0 Å². The summed E-state index contributed by atoms with van der Waals surface area (Å²) in [7, 11) is 6.68. The molecule has 0 bridgehead atoms. The van der Waals surface area contributed by atoms with E-state index in [0.29, 0.717) is 39.5 Å². The number of nitrogens with zero attached hydrogens (tertiary/aromatic N) is 3. The summed E-state index contributed by atoms with van der Waals surface area (Å²) in [5.74, 6) is 0.978. The highest BCUT2D eigenvalue weighted by Crippen LogP contribution is 2.42. The Kier molecular flexibility index (Phi) is 7.58. The Balaban J connectivity index is 1.71. The zero-order valence-electron chi connectivity index (χ0n) is 24.0. The maximum atomic E-state index is 13.4. The summed E-state index contributed by atoms with van der Waals surface area (Å²) in [5.41, 5.74) is 3.89. The first kappa shape index (κ1) is 27.3. The minimum atomic E-state index is -0.424. The summed E-state index contributed by atoms with van der Waals surface area (Å²) in [5, 5.41) is 4.20. The van der Waals surface area contributed by atoms with Crippen molar-refractivity contribution >= 4 is 44.8 Å². The molecule has 1 N–H and O–H groups in total. The summed E-state index contributed by atoms with van der Waals surface area (Å²) in [6.07, 6.45) is 4.83. The predicted molar refractivity (Wildman–Crippen MR) is 157 cm³/mol. The zero-order valence-corrected chi connectivity index (χ0v) is 24.0. The number of carbonyl (C=O) groups excluding carboxylic acids is 2. The molecule has 0 saturated heterocycles. The number of nitrogens with one attached hydrogen (secondary N) is 1. The number of amides is 2. The average molecular weight is 545 g/mol. The van der Waals surface area contributed by atoms with E-state index in [1.165, 1.54) is 0 Å². The fourth-order valence-corrected chi connectivity index (χ4v) is 5.67. The van der Waals surface area contributed by atoms with E-state index in [4.69, 9.17) is 14.2 Å². The third-order valence-corrected chi connectivity index (χ3v) is 7.82. The number of ether oxygens (including phenoxy) is 3. The van der Waals surface area contributed by atoms with Crippen LogP contribution in [0.5, 0.6) is 17.2 Å². The molecule has 0 radical (unpaired) electrons. The molecule has 0 spiro atoms. The molecule has 0 fully saturated rings. The number of methoxy groups -OCH3 is 3. The highest BCUT2D eigenvalue weighted by molar-refractivity contribution is 6.50. The molecule has 1 aliphatic rings. The SMILES string of the molecule is CCN(CC)CCCn1cc(C2=C(c3cn(C)c4cc(OC)c(OC)cc34)C(=O)NC2=O)c2cc(OC)ccc21. The zero-order chi connectivity index (χ0) is 28.6. The Morgan fingerprint density at radius 1 is 0.800 bits per heavy atom. The van der Waals surface area contributed by atoms with Gasteiger partial charge in [0, 0.05) is 59.5 Å². The van der Waals surface area contributed by atoms with E-state index in [9.17, 15) is 9.59 Å². The van der Waals surface area contributed by atoms with Crippen LogP contribution in [0.1, 0.15) is 31.4 Å². The third-order valence-electron chi connectivity index (χ3n) is 7.82. The molecule has 4 aromatic rings. The fourth-order valence-electron chi connectivity index (χ4n) is 5.67. The van der Waals surface area contributed by atoms with Gasteiger partial charge >= 0.3 is 0 Å². The number of benzene rings is 2. The largest absolute Gasteiger partial charge is 0.497 e. The van der Waals surface area contributed by atoms with Gasteiger partial charge in [-0.3, -0.25) is 14.9 Å². The van der Waals surface area contributed by atoms with Gasteiger partial charge in [0.2, 0.25) is 0 Å². The quantitative estimate of drug-likeness (QED) is 0.281. The van der Waals surface area contributed by atoms with E-state index in [0.717, 1.165) is 54.4 Å². The van der Waals surface area contributed by atoms with Crippen LogP contribution < -0.4 is 19.5 Å². The standard InChI is InChI=1S/C31H36N4O5/c1-7-34(8-2)12-9-13-35-18-23(20-14-19(38-4)10-11-24(20)35)29-28(30(36)32-31(29)37)22-17-33(3)25-16-27(40-6)26(39-5)15-21(22)25/h10-11,14-18H,7-9,12-13H2,1-6H3,(H,32,36,37). The Labute approximate surface area is 233 Å². The number of aromatic nitrogens is 2. The molecular weight excluding hydrogens is 508 g/mol. The van der Waals surface area contributed by atoms with Gasteiger partial charge in [-0.25, -0.2) is 0 Å². The van der Waals surface area contributed by atoms with E-state index in [1.807, 2.05) is 54.3 Å². The van der Waals surface area contributed by atoms with Crippen molar-refractivity contribution in [3.8, 4) is 17.2 Å². The Hall–Kier alpha value is -4.24. The van der Waals surface area contributed by atoms with Crippen LogP contribution in [-0.4, -0.2) is 66.8 Å². The maximum absolute atomic E-state index is 13.4. The van der Waals surface area contributed by atoms with Crippen molar-refractivity contribution in [1.82, 2.24) is 19.4 Å². The van der Waals surface area contributed by atoms with Crippen molar-refractivity contribution in [2.24, 2.45) is 7.05 Å². The van der Waals surface area contributed by atoms with E-state index in [-0.39, 0.29) is 0 Å². The number of fused-ring (bicyclic) bond motifs is 2. The topological polar surface area (TPSA) is 87.0 Å². The van der Waals surface area contributed by atoms with Gasteiger partial charge in [0.15, 0.2) is 11.5 Å². The first-order valence-corrected chi connectivity index (χ1v) is 13.6. The third kappa shape index (κ3) is 4.60. The number of hydrogen-bond acceptors (Lipinski definition) is 6. The molecule has 40 heavy (non-hydrogen) atoms. The molecular formula is C31H36N4O5. The van der Waals surface area contributed by atoms with Gasteiger partial charge in [0.1, 0.15) is 5.75 Å².